The van der Waals surface area contributed by atoms with Crippen LogP contribution in [-0.2, 0) is 0 Å². The lowest BCUT2D eigenvalue weighted by Crippen LogP contribution is -2.29. The largest absolute Gasteiger partial charge is 0.496 e. The molecule has 5 heteroatoms. The monoisotopic (exact) mass is 258 g/mol. The van der Waals surface area contributed by atoms with Crippen molar-refractivity contribution < 1.29 is 4.74 Å². The molecular weight excluding hydrogens is 240 g/mol. The number of aromatic nitrogens is 3. The van der Waals surface area contributed by atoms with Gasteiger partial charge in [0, 0.05) is 5.56 Å². The fraction of sp³-hybridized carbons (Fsp3) is 0.429. The highest BCUT2D eigenvalue weighted by Crippen LogP contribution is 2.28. The molecule has 0 aliphatic carbocycles. The Morgan fingerprint density at radius 1 is 1.26 bits per heavy atom. The number of methoxy groups -OCH3 is 1. The Balaban J connectivity index is 1.88. The molecule has 1 aromatic heterocycles. The van der Waals surface area contributed by atoms with Gasteiger partial charge >= 0.3 is 0 Å². The number of rotatable bonds is 3. The van der Waals surface area contributed by atoms with Crippen molar-refractivity contribution in [3.63, 3.8) is 0 Å². The SMILES string of the molecule is COc1ccccc1-c1cn(C2CCNCC2)nn1. The Morgan fingerprint density at radius 2 is 2.05 bits per heavy atom. The molecule has 2 heterocycles. The number of para-hydroxylation sites is 1. The summed E-state index contributed by atoms with van der Waals surface area (Å²) in [7, 11) is 1.68. The van der Waals surface area contributed by atoms with Crippen LogP contribution in [0, 0.1) is 0 Å². The van der Waals surface area contributed by atoms with Crippen molar-refractivity contribution in [2.24, 2.45) is 0 Å². The molecule has 1 aromatic carbocycles. The minimum absolute atomic E-state index is 0.456. The van der Waals surface area contributed by atoms with Gasteiger partial charge in [-0.05, 0) is 38.1 Å². The Bertz CT molecular complexity index is 546. The molecular formula is C14H18N4O. The molecule has 100 valence electrons. The van der Waals surface area contributed by atoms with Crippen LogP contribution in [0.1, 0.15) is 18.9 Å². The minimum atomic E-state index is 0.456. The molecule has 3 rings (SSSR count). The molecule has 0 atom stereocenters. The Hall–Kier alpha value is -1.88. The first kappa shape index (κ1) is 12.2. The second-order valence-corrected chi connectivity index (χ2v) is 4.77. The van der Waals surface area contributed by atoms with Gasteiger partial charge in [0.15, 0.2) is 0 Å². The van der Waals surface area contributed by atoms with E-state index < -0.39 is 0 Å². The Morgan fingerprint density at radius 3 is 2.84 bits per heavy atom. The molecule has 1 fully saturated rings. The first-order valence-electron chi connectivity index (χ1n) is 6.64. The first-order chi connectivity index (χ1) is 9.38. The van der Waals surface area contributed by atoms with E-state index >= 15 is 0 Å². The summed E-state index contributed by atoms with van der Waals surface area (Å²) in [6.45, 7) is 2.10. The number of piperidine rings is 1. The van der Waals surface area contributed by atoms with E-state index in [2.05, 4.69) is 15.6 Å². The van der Waals surface area contributed by atoms with Gasteiger partial charge < -0.3 is 10.1 Å². The van der Waals surface area contributed by atoms with E-state index in [0.29, 0.717) is 6.04 Å². The van der Waals surface area contributed by atoms with Crippen LogP contribution in [0.25, 0.3) is 11.3 Å². The van der Waals surface area contributed by atoms with Gasteiger partial charge in [-0.2, -0.15) is 0 Å². The molecule has 0 saturated carbocycles. The third-order valence-corrected chi connectivity index (χ3v) is 3.58. The predicted molar refractivity (Wildman–Crippen MR) is 73.2 cm³/mol. The van der Waals surface area contributed by atoms with E-state index in [9.17, 15) is 0 Å². The summed E-state index contributed by atoms with van der Waals surface area (Å²) in [6.07, 6.45) is 4.23. The van der Waals surface area contributed by atoms with E-state index in [4.69, 9.17) is 4.74 Å². The average Bonchev–Trinajstić information content (AvgIpc) is 2.98. The van der Waals surface area contributed by atoms with Gasteiger partial charge in [-0.3, -0.25) is 0 Å². The smallest absolute Gasteiger partial charge is 0.128 e. The number of hydrogen-bond donors (Lipinski definition) is 1. The third-order valence-electron chi connectivity index (χ3n) is 3.58. The zero-order chi connectivity index (χ0) is 13.1. The maximum atomic E-state index is 5.37. The Labute approximate surface area is 112 Å². The fourth-order valence-electron chi connectivity index (χ4n) is 2.51. The van der Waals surface area contributed by atoms with Gasteiger partial charge in [0.2, 0.25) is 0 Å². The van der Waals surface area contributed by atoms with Crippen LogP contribution in [0.3, 0.4) is 0 Å². The lowest BCUT2D eigenvalue weighted by atomic mass is 10.1. The zero-order valence-corrected chi connectivity index (χ0v) is 11.0. The second-order valence-electron chi connectivity index (χ2n) is 4.77. The van der Waals surface area contributed by atoms with E-state index in [-0.39, 0.29) is 0 Å². The lowest BCUT2D eigenvalue weighted by Gasteiger charge is -2.22. The zero-order valence-electron chi connectivity index (χ0n) is 11.0. The maximum absolute atomic E-state index is 5.37. The van der Waals surface area contributed by atoms with Gasteiger partial charge in [-0.15, -0.1) is 5.10 Å². The average molecular weight is 258 g/mol. The number of benzene rings is 1. The molecule has 1 aliphatic rings. The van der Waals surface area contributed by atoms with Gasteiger partial charge in [0.05, 0.1) is 19.3 Å². The maximum Gasteiger partial charge on any atom is 0.128 e. The number of ether oxygens (including phenoxy) is 1. The van der Waals surface area contributed by atoms with Crippen molar-refractivity contribution in [3.8, 4) is 17.0 Å². The fourth-order valence-corrected chi connectivity index (χ4v) is 2.51. The molecule has 1 aliphatic heterocycles. The summed E-state index contributed by atoms with van der Waals surface area (Å²) < 4.78 is 7.36. The van der Waals surface area contributed by atoms with Gasteiger partial charge in [0.25, 0.3) is 0 Å². The van der Waals surface area contributed by atoms with Crippen molar-refractivity contribution in [2.75, 3.05) is 20.2 Å². The van der Waals surface area contributed by atoms with E-state index in [1.165, 1.54) is 0 Å². The molecule has 0 bridgehead atoms. The van der Waals surface area contributed by atoms with Crippen molar-refractivity contribution in [1.29, 1.82) is 0 Å². The molecule has 2 aromatic rings. The molecule has 1 saturated heterocycles. The minimum Gasteiger partial charge on any atom is -0.496 e. The van der Waals surface area contributed by atoms with Crippen molar-refractivity contribution in [2.45, 2.75) is 18.9 Å². The molecule has 1 N–H and O–H groups in total. The summed E-state index contributed by atoms with van der Waals surface area (Å²) >= 11 is 0. The summed E-state index contributed by atoms with van der Waals surface area (Å²) in [4.78, 5) is 0. The van der Waals surface area contributed by atoms with Crippen LogP contribution in [-0.4, -0.2) is 35.2 Å². The van der Waals surface area contributed by atoms with E-state index in [1.54, 1.807) is 7.11 Å². The molecule has 5 nitrogen and oxygen atoms in total. The topological polar surface area (TPSA) is 52.0 Å². The van der Waals surface area contributed by atoms with Gasteiger partial charge in [0.1, 0.15) is 11.4 Å². The molecule has 0 unspecified atom stereocenters. The highest BCUT2D eigenvalue weighted by molar-refractivity contribution is 5.65. The second kappa shape index (κ2) is 5.40. The summed E-state index contributed by atoms with van der Waals surface area (Å²) in [5.41, 5.74) is 1.86. The standard InChI is InChI=1S/C14H18N4O/c1-19-14-5-3-2-4-12(14)13-10-18(17-16-13)11-6-8-15-9-7-11/h2-5,10-11,15H,6-9H2,1H3. The van der Waals surface area contributed by atoms with Gasteiger partial charge in [-0.25, -0.2) is 4.68 Å². The van der Waals surface area contributed by atoms with Crippen LogP contribution in [0.2, 0.25) is 0 Å². The van der Waals surface area contributed by atoms with Crippen molar-refractivity contribution in [3.05, 3.63) is 30.5 Å². The highest BCUT2D eigenvalue weighted by atomic mass is 16.5. The van der Waals surface area contributed by atoms with Crippen LogP contribution in [0.15, 0.2) is 30.5 Å². The molecule has 0 amide bonds. The third kappa shape index (κ3) is 2.46. The molecule has 0 radical (unpaired) electrons. The number of nitrogens with zero attached hydrogens (tertiary/aromatic N) is 3. The summed E-state index contributed by atoms with van der Waals surface area (Å²) in [5, 5.41) is 11.9. The van der Waals surface area contributed by atoms with Crippen LogP contribution in [0.4, 0.5) is 0 Å². The van der Waals surface area contributed by atoms with Crippen molar-refractivity contribution in [1.82, 2.24) is 20.3 Å². The lowest BCUT2D eigenvalue weighted by molar-refractivity contribution is 0.337. The quantitative estimate of drug-likeness (QED) is 0.913. The first-order valence-corrected chi connectivity index (χ1v) is 6.64. The number of nitrogens with one attached hydrogen (secondary N) is 1. The van der Waals surface area contributed by atoms with Crippen LogP contribution < -0.4 is 10.1 Å². The predicted octanol–water partition coefficient (Wildman–Crippen LogP) is 1.88. The molecule has 19 heavy (non-hydrogen) atoms. The number of hydrogen-bond acceptors (Lipinski definition) is 4. The van der Waals surface area contributed by atoms with E-state index in [1.807, 2.05) is 35.1 Å². The highest BCUT2D eigenvalue weighted by Gasteiger charge is 2.17. The Kier molecular flexibility index (Phi) is 3.46. The van der Waals surface area contributed by atoms with E-state index in [0.717, 1.165) is 42.9 Å². The van der Waals surface area contributed by atoms with Crippen LogP contribution in [0.5, 0.6) is 5.75 Å². The molecule has 0 spiro atoms. The van der Waals surface area contributed by atoms with Crippen molar-refractivity contribution >= 4 is 0 Å². The summed E-state index contributed by atoms with van der Waals surface area (Å²) in [6, 6.07) is 8.35. The normalized spacial score (nSPS) is 16.5. The van der Waals surface area contributed by atoms with Gasteiger partial charge in [-0.1, -0.05) is 17.3 Å². The summed E-state index contributed by atoms with van der Waals surface area (Å²) in [5.74, 6) is 0.833. The van der Waals surface area contributed by atoms with Crippen LogP contribution >= 0.6 is 0 Å².